The largest absolute Gasteiger partial charge is 0.434 e. The van der Waals surface area contributed by atoms with Gasteiger partial charge < -0.3 is 9.72 Å². The number of nitrogens with zero attached hydrogens (tertiary/aromatic N) is 1. The van der Waals surface area contributed by atoms with Gasteiger partial charge in [0.05, 0.1) is 5.56 Å². The number of rotatable bonds is 3. The van der Waals surface area contributed by atoms with Gasteiger partial charge >= 0.3 is 6.61 Å². The zero-order chi connectivity index (χ0) is 14.0. The van der Waals surface area contributed by atoms with Crippen molar-refractivity contribution >= 4 is 0 Å². The molecule has 0 amide bonds. The van der Waals surface area contributed by atoms with Crippen LogP contribution in [0.15, 0.2) is 29.1 Å². The van der Waals surface area contributed by atoms with Crippen molar-refractivity contribution in [3.63, 3.8) is 0 Å². The Morgan fingerprint density at radius 1 is 1.26 bits per heavy atom. The molecule has 19 heavy (non-hydrogen) atoms. The molecule has 100 valence electrons. The number of benzene rings is 1. The van der Waals surface area contributed by atoms with Crippen LogP contribution in [0.25, 0.3) is 11.4 Å². The molecule has 6 heteroatoms. The summed E-state index contributed by atoms with van der Waals surface area (Å²) in [6, 6.07) is 6.19. The molecule has 0 fully saturated rings. The SMILES string of the molecule is Cc1nc(-c2ccccc2OC(F)F)[nH]c(=O)c1C. The molecule has 0 saturated carbocycles. The lowest BCUT2D eigenvalue weighted by Crippen LogP contribution is -2.15. The first-order chi connectivity index (χ1) is 8.99. The number of halogens is 2. The van der Waals surface area contributed by atoms with Gasteiger partial charge in [-0.25, -0.2) is 4.98 Å². The number of aryl methyl sites for hydroxylation is 1. The van der Waals surface area contributed by atoms with Gasteiger partial charge in [-0.05, 0) is 26.0 Å². The van der Waals surface area contributed by atoms with Crippen LogP contribution in [0.2, 0.25) is 0 Å². The first-order valence-corrected chi connectivity index (χ1v) is 5.60. The van der Waals surface area contributed by atoms with Crippen molar-refractivity contribution in [2.45, 2.75) is 20.5 Å². The molecule has 1 heterocycles. The van der Waals surface area contributed by atoms with Gasteiger partial charge in [0, 0.05) is 11.3 Å². The maximum atomic E-state index is 12.3. The summed E-state index contributed by atoms with van der Waals surface area (Å²) < 4.78 is 29.1. The second-order valence-corrected chi connectivity index (χ2v) is 4.00. The van der Waals surface area contributed by atoms with E-state index in [0.717, 1.165) is 0 Å². The third-order valence-corrected chi connectivity index (χ3v) is 2.75. The summed E-state index contributed by atoms with van der Waals surface area (Å²) in [6.07, 6.45) is 0. The quantitative estimate of drug-likeness (QED) is 0.929. The Labute approximate surface area is 108 Å². The Morgan fingerprint density at radius 2 is 1.95 bits per heavy atom. The molecule has 1 aromatic carbocycles. The third-order valence-electron chi connectivity index (χ3n) is 2.75. The van der Waals surface area contributed by atoms with E-state index < -0.39 is 6.61 Å². The first-order valence-electron chi connectivity index (χ1n) is 5.60. The molecule has 1 aromatic heterocycles. The molecule has 0 unspecified atom stereocenters. The van der Waals surface area contributed by atoms with Crippen LogP contribution in [-0.4, -0.2) is 16.6 Å². The molecule has 0 aliphatic heterocycles. The summed E-state index contributed by atoms with van der Waals surface area (Å²) >= 11 is 0. The van der Waals surface area contributed by atoms with E-state index in [9.17, 15) is 13.6 Å². The minimum atomic E-state index is -2.93. The maximum absolute atomic E-state index is 12.3. The number of H-pyrrole nitrogens is 1. The molecule has 0 aliphatic carbocycles. The Morgan fingerprint density at radius 3 is 2.58 bits per heavy atom. The van der Waals surface area contributed by atoms with Crippen LogP contribution >= 0.6 is 0 Å². The van der Waals surface area contributed by atoms with E-state index in [2.05, 4.69) is 14.7 Å². The van der Waals surface area contributed by atoms with Crippen LogP contribution < -0.4 is 10.3 Å². The van der Waals surface area contributed by atoms with Gasteiger partial charge in [-0.15, -0.1) is 0 Å². The van der Waals surface area contributed by atoms with Crippen molar-refractivity contribution < 1.29 is 13.5 Å². The Kier molecular flexibility index (Phi) is 3.59. The van der Waals surface area contributed by atoms with Gasteiger partial charge in [0.15, 0.2) is 0 Å². The molecule has 0 spiro atoms. The van der Waals surface area contributed by atoms with Crippen LogP contribution in [0.3, 0.4) is 0 Å². The topological polar surface area (TPSA) is 55.0 Å². The number of hydrogen-bond acceptors (Lipinski definition) is 3. The second kappa shape index (κ2) is 5.17. The molecular weight excluding hydrogens is 254 g/mol. The molecule has 0 atom stereocenters. The average Bonchev–Trinajstić information content (AvgIpc) is 2.35. The Bertz CT molecular complexity index is 653. The average molecular weight is 266 g/mol. The van der Waals surface area contributed by atoms with Crippen LogP contribution in [0.1, 0.15) is 11.3 Å². The van der Waals surface area contributed by atoms with E-state index in [1.807, 2.05) is 0 Å². The molecule has 4 nitrogen and oxygen atoms in total. The van der Waals surface area contributed by atoms with E-state index in [-0.39, 0.29) is 17.1 Å². The fourth-order valence-electron chi connectivity index (χ4n) is 1.63. The van der Waals surface area contributed by atoms with E-state index in [1.54, 1.807) is 32.0 Å². The molecule has 0 aliphatic rings. The van der Waals surface area contributed by atoms with Crippen molar-refractivity contribution in [1.82, 2.24) is 9.97 Å². The molecule has 0 saturated heterocycles. The molecular formula is C13H12F2N2O2. The molecule has 0 bridgehead atoms. The maximum Gasteiger partial charge on any atom is 0.387 e. The van der Waals surface area contributed by atoms with Crippen LogP contribution in [0, 0.1) is 13.8 Å². The van der Waals surface area contributed by atoms with Crippen molar-refractivity contribution in [2.75, 3.05) is 0 Å². The fourth-order valence-corrected chi connectivity index (χ4v) is 1.63. The highest BCUT2D eigenvalue weighted by molar-refractivity contribution is 5.64. The first kappa shape index (κ1) is 13.2. The van der Waals surface area contributed by atoms with Crippen molar-refractivity contribution in [2.24, 2.45) is 0 Å². The van der Waals surface area contributed by atoms with E-state index in [4.69, 9.17) is 0 Å². The summed E-state index contributed by atoms with van der Waals surface area (Å²) in [7, 11) is 0. The number of alkyl halides is 2. The fraction of sp³-hybridized carbons (Fsp3) is 0.231. The monoisotopic (exact) mass is 266 g/mol. The lowest BCUT2D eigenvalue weighted by atomic mass is 10.1. The Hall–Kier alpha value is -2.24. The summed E-state index contributed by atoms with van der Waals surface area (Å²) in [5.74, 6) is 0.188. The summed E-state index contributed by atoms with van der Waals surface area (Å²) in [4.78, 5) is 18.4. The lowest BCUT2D eigenvalue weighted by Gasteiger charge is -2.10. The van der Waals surface area contributed by atoms with Gasteiger partial charge in [-0.3, -0.25) is 4.79 Å². The zero-order valence-electron chi connectivity index (χ0n) is 10.4. The number of para-hydroxylation sites is 1. The van der Waals surface area contributed by atoms with E-state index in [1.165, 1.54) is 6.07 Å². The van der Waals surface area contributed by atoms with Gasteiger partial charge in [0.2, 0.25) is 0 Å². The van der Waals surface area contributed by atoms with Gasteiger partial charge in [0.25, 0.3) is 5.56 Å². The standard InChI is InChI=1S/C13H12F2N2O2/c1-7-8(2)16-11(17-12(7)18)9-5-3-4-6-10(9)19-13(14)15/h3-6,13H,1-2H3,(H,16,17,18). The summed E-state index contributed by atoms with van der Waals surface area (Å²) in [5, 5.41) is 0. The summed E-state index contributed by atoms with van der Waals surface area (Å²) in [6.45, 7) is 0.399. The normalized spacial score (nSPS) is 10.8. The van der Waals surface area contributed by atoms with Crippen LogP contribution in [-0.2, 0) is 0 Å². The van der Waals surface area contributed by atoms with Gasteiger partial charge in [-0.2, -0.15) is 8.78 Å². The molecule has 0 radical (unpaired) electrons. The number of aromatic amines is 1. The molecule has 1 N–H and O–H groups in total. The highest BCUT2D eigenvalue weighted by Crippen LogP contribution is 2.28. The number of ether oxygens (including phenoxy) is 1. The minimum absolute atomic E-state index is 0.0242. The highest BCUT2D eigenvalue weighted by Gasteiger charge is 2.13. The summed E-state index contributed by atoms with van der Waals surface area (Å²) in [5.41, 5.74) is 1.07. The zero-order valence-corrected chi connectivity index (χ0v) is 10.4. The van der Waals surface area contributed by atoms with Crippen LogP contribution in [0.4, 0.5) is 8.78 Å². The third kappa shape index (κ3) is 2.78. The van der Waals surface area contributed by atoms with Crippen molar-refractivity contribution in [3.8, 4) is 17.1 Å². The molecule has 2 aromatic rings. The number of aromatic nitrogens is 2. The Balaban J connectivity index is 2.56. The predicted octanol–water partition coefficient (Wildman–Crippen LogP) is 2.66. The smallest absolute Gasteiger partial charge is 0.387 e. The van der Waals surface area contributed by atoms with E-state index in [0.29, 0.717) is 16.8 Å². The van der Waals surface area contributed by atoms with E-state index >= 15 is 0 Å². The predicted molar refractivity (Wildman–Crippen MR) is 66.4 cm³/mol. The number of hydrogen-bond donors (Lipinski definition) is 1. The van der Waals surface area contributed by atoms with Gasteiger partial charge in [-0.1, -0.05) is 12.1 Å². The second-order valence-electron chi connectivity index (χ2n) is 4.00. The van der Waals surface area contributed by atoms with Crippen molar-refractivity contribution in [1.29, 1.82) is 0 Å². The van der Waals surface area contributed by atoms with Crippen molar-refractivity contribution in [3.05, 3.63) is 45.9 Å². The van der Waals surface area contributed by atoms with Gasteiger partial charge in [0.1, 0.15) is 11.6 Å². The minimum Gasteiger partial charge on any atom is -0.434 e. The molecule has 2 rings (SSSR count). The van der Waals surface area contributed by atoms with Crippen LogP contribution in [0.5, 0.6) is 5.75 Å². The number of nitrogens with one attached hydrogen (secondary N) is 1. The highest BCUT2D eigenvalue weighted by atomic mass is 19.3. The lowest BCUT2D eigenvalue weighted by molar-refractivity contribution is -0.0494.